The number of nitrogens with one attached hydrogen (secondary N) is 1. The molecule has 7 heteroatoms. The van der Waals surface area contributed by atoms with Gasteiger partial charge in [-0.15, -0.1) is 5.10 Å². The van der Waals surface area contributed by atoms with E-state index in [1.165, 1.54) is 12.8 Å². The normalized spacial score (nSPS) is 25.6. The summed E-state index contributed by atoms with van der Waals surface area (Å²) in [6, 6.07) is 0. The number of rotatable bonds is 6. The molecule has 0 spiro atoms. The molecule has 1 saturated carbocycles. The first-order valence-corrected chi connectivity index (χ1v) is 9.01. The monoisotopic (exact) mass is 321 g/mol. The van der Waals surface area contributed by atoms with Crippen LogP contribution in [0.25, 0.3) is 0 Å². The SMILES string of the molecule is C1CC(Cn2nnnc2CNC2(C3CC3)CCOCC2)CCO1. The Morgan fingerprint density at radius 2 is 1.78 bits per heavy atom. The van der Waals surface area contributed by atoms with E-state index in [-0.39, 0.29) is 5.54 Å². The van der Waals surface area contributed by atoms with Gasteiger partial charge in [-0.25, -0.2) is 4.68 Å². The van der Waals surface area contributed by atoms with Crippen LogP contribution in [0.4, 0.5) is 0 Å². The minimum atomic E-state index is 0.244. The number of tetrazole rings is 1. The van der Waals surface area contributed by atoms with Crippen molar-refractivity contribution < 1.29 is 9.47 Å². The number of hydrogen-bond donors (Lipinski definition) is 1. The van der Waals surface area contributed by atoms with Crippen molar-refractivity contribution in [2.75, 3.05) is 26.4 Å². The van der Waals surface area contributed by atoms with E-state index < -0.39 is 0 Å². The minimum absolute atomic E-state index is 0.244. The Balaban J connectivity index is 1.37. The smallest absolute Gasteiger partial charge is 0.165 e. The van der Waals surface area contributed by atoms with E-state index in [1.54, 1.807) is 0 Å². The van der Waals surface area contributed by atoms with Crippen molar-refractivity contribution in [1.82, 2.24) is 25.5 Å². The molecule has 1 aliphatic carbocycles. The van der Waals surface area contributed by atoms with Crippen molar-refractivity contribution in [3.8, 4) is 0 Å². The van der Waals surface area contributed by atoms with Crippen LogP contribution in [0.3, 0.4) is 0 Å². The van der Waals surface area contributed by atoms with Crippen LogP contribution in [-0.2, 0) is 22.6 Å². The molecule has 128 valence electrons. The van der Waals surface area contributed by atoms with Crippen LogP contribution in [0, 0.1) is 11.8 Å². The summed E-state index contributed by atoms with van der Waals surface area (Å²) in [5.74, 6) is 2.40. The highest BCUT2D eigenvalue weighted by Crippen LogP contribution is 2.44. The van der Waals surface area contributed by atoms with Gasteiger partial charge >= 0.3 is 0 Å². The highest BCUT2D eigenvalue weighted by molar-refractivity contribution is 5.03. The molecule has 0 radical (unpaired) electrons. The molecule has 0 aromatic carbocycles. The third-order valence-electron chi connectivity index (χ3n) is 5.72. The van der Waals surface area contributed by atoms with E-state index >= 15 is 0 Å². The number of aromatic nitrogens is 4. The third kappa shape index (κ3) is 3.56. The van der Waals surface area contributed by atoms with E-state index in [2.05, 4.69) is 20.8 Å². The van der Waals surface area contributed by atoms with Crippen molar-refractivity contribution in [2.45, 2.75) is 57.2 Å². The van der Waals surface area contributed by atoms with Crippen LogP contribution in [0.15, 0.2) is 0 Å². The van der Waals surface area contributed by atoms with Crippen LogP contribution < -0.4 is 5.32 Å². The predicted octanol–water partition coefficient (Wildman–Crippen LogP) is 1.15. The van der Waals surface area contributed by atoms with Crippen molar-refractivity contribution in [3.05, 3.63) is 5.82 Å². The summed E-state index contributed by atoms with van der Waals surface area (Å²) >= 11 is 0. The zero-order valence-corrected chi connectivity index (χ0v) is 13.7. The van der Waals surface area contributed by atoms with Crippen molar-refractivity contribution in [3.63, 3.8) is 0 Å². The summed E-state index contributed by atoms with van der Waals surface area (Å²) in [5.41, 5.74) is 0.244. The Morgan fingerprint density at radius 3 is 2.52 bits per heavy atom. The zero-order chi connectivity index (χ0) is 15.5. The summed E-state index contributed by atoms with van der Waals surface area (Å²) in [6.45, 7) is 5.14. The van der Waals surface area contributed by atoms with Gasteiger partial charge in [-0.2, -0.15) is 0 Å². The second kappa shape index (κ2) is 6.83. The standard InChI is InChI=1S/C16H27N5O2/c1-2-14(1)16(5-9-23-10-6-16)17-11-15-18-19-20-21(15)12-13-3-7-22-8-4-13/h13-14,17H,1-12H2. The maximum Gasteiger partial charge on any atom is 0.165 e. The molecule has 3 heterocycles. The van der Waals surface area contributed by atoms with Gasteiger partial charge in [0.05, 0.1) is 6.54 Å². The Morgan fingerprint density at radius 1 is 1.04 bits per heavy atom. The summed E-state index contributed by atoms with van der Waals surface area (Å²) in [6.07, 6.45) is 7.13. The van der Waals surface area contributed by atoms with Crippen molar-refractivity contribution in [1.29, 1.82) is 0 Å². The number of ether oxygens (including phenoxy) is 2. The van der Waals surface area contributed by atoms with Crippen LogP contribution in [0.1, 0.15) is 44.3 Å². The van der Waals surface area contributed by atoms with Gasteiger partial charge in [-0.3, -0.25) is 0 Å². The fourth-order valence-electron chi connectivity index (χ4n) is 4.02. The minimum Gasteiger partial charge on any atom is -0.381 e. The highest BCUT2D eigenvalue weighted by atomic mass is 16.5. The molecule has 7 nitrogen and oxygen atoms in total. The molecule has 3 aliphatic rings. The first kappa shape index (κ1) is 15.5. The van der Waals surface area contributed by atoms with Gasteiger partial charge in [0.15, 0.2) is 5.82 Å². The Bertz CT molecular complexity index is 504. The van der Waals surface area contributed by atoms with Crippen LogP contribution in [0.5, 0.6) is 0 Å². The molecule has 1 aromatic rings. The molecule has 4 rings (SSSR count). The van der Waals surface area contributed by atoms with E-state index in [4.69, 9.17) is 9.47 Å². The molecular formula is C16H27N5O2. The molecule has 2 saturated heterocycles. The maximum atomic E-state index is 5.57. The summed E-state index contributed by atoms with van der Waals surface area (Å²) in [5, 5.41) is 16.2. The first-order valence-electron chi connectivity index (χ1n) is 9.01. The Kier molecular flexibility index (Phi) is 4.59. The van der Waals surface area contributed by atoms with Gasteiger partial charge < -0.3 is 14.8 Å². The average molecular weight is 321 g/mol. The molecule has 0 unspecified atom stereocenters. The molecule has 2 aliphatic heterocycles. The lowest BCUT2D eigenvalue weighted by Gasteiger charge is -2.38. The predicted molar refractivity (Wildman–Crippen MR) is 83.7 cm³/mol. The molecule has 1 N–H and O–H groups in total. The second-order valence-corrected chi connectivity index (χ2v) is 7.23. The zero-order valence-electron chi connectivity index (χ0n) is 13.7. The Labute approximate surface area is 137 Å². The fourth-order valence-corrected chi connectivity index (χ4v) is 4.02. The molecule has 0 amide bonds. The fraction of sp³-hybridized carbons (Fsp3) is 0.938. The molecule has 0 bridgehead atoms. The lowest BCUT2D eigenvalue weighted by Crippen LogP contribution is -2.51. The van der Waals surface area contributed by atoms with E-state index in [0.717, 1.165) is 76.9 Å². The largest absolute Gasteiger partial charge is 0.381 e. The van der Waals surface area contributed by atoms with Crippen LogP contribution in [-0.4, -0.2) is 52.2 Å². The van der Waals surface area contributed by atoms with Gasteiger partial charge in [0.1, 0.15) is 0 Å². The van der Waals surface area contributed by atoms with Crippen molar-refractivity contribution in [2.24, 2.45) is 11.8 Å². The van der Waals surface area contributed by atoms with Gasteiger partial charge in [0, 0.05) is 38.5 Å². The van der Waals surface area contributed by atoms with Crippen LogP contribution >= 0.6 is 0 Å². The molecule has 0 atom stereocenters. The summed E-state index contributed by atoms with van der Waals surface area (Å²) in [4.78, 5) is 0. The Hall–Kier alpha value is -1.05. The summed E-state index contributed by atoms with van der Waals surface area (Å²) < 4.78 is 13.0. The highest BCUT2D eigenvalue weighted by Gasteiger charge is 2.45. The van der Waals surface area contributed by atoms with Gasteiger partial charge in [-0.1, -0.05) is 0 Å². The maximum absolute atomic E-state index is 5.57. The van der Waals surface area contributed by atoms with E-state index in [0.29, 0.717) is 5.92 Å². The van der Waals surface area contributed by atoms with Crippen LogP contribution in [0.2, 0.25) is 0 Å². The number of hydrogen-bond acceptors (Lipinski definition) is 6. The van der Waals surface area contributed by atoms with E-state index in [9.17, 15) is 0 Å². The first-order chi connectivity index (χ1) is 11.4. The molecule has 1 aromatic heterocycles. The lowest BCUT2D eigenvalue weighted by molar-refractivity contribution is 0.0273. The lowest BCUT2D eigenvalue weighted by atomic mass is 9.85. The molecule has 3 fully saturated rings. The molecule has 23 heavy (non-hydrogen) atoms. The van der Waals surface area contributed by atoms with E-state index in [1.807, 2.05) is 4.68 Å². The van der Waals surface area contributed by atoms with Gasteiger partial charge in [-0.05, 0) is 60.8 Å². The second-order valence-electron chi connectivity index (χ2n) is 7.23. The van der Waals surface area contributed by atoms with Gasteiger partial charge in [0.25, 0.3) is 0 Å². The third-order valence-corrected chi connectivity index (χ3v) is 5.72. The quantitative estimate of drug-likeness (QED) is 0.847. The average Bonchev–Trinajstić information content (AvgIpc) is 3.37. The molecular weight excluding hydrogens is 294 g/mol. The summed E-state index contributed by atoms with van der Waals surface area (Å²) in [7, 11) is 0. The van der Waals surface area contributed by atoms with Gasteiger partial charge in [0.2, 0.25) is 0 Å². The topological polar surface area (TPSA) is 74.1 Å². The van der Waals surface area contributed by atoms with Crippen molar-refractivity contribution >= 4 is 0 Å². The number of nitrogens with zero attached hydrogens (tertiary/aromatic N) is 4.